The Balaban J connectivity index is 1.54. The Labute approximate surface area is 154 Å². The van der Waals surface area contributed by atoms with E-state index in [0.29, 0.717) is 29.8 Å². The molecule has 140 valence electrons. The summed E-state index contributed by atoms with van der Waals surface area (Å²) in [6.45, 7) is 0. The zero-order valence-corrected chi connectivity index (χ0v) is 14.1. The molecule has 4 aromatic rings. The van der Waals surface area contributed by atoms with Crippen LogP contribution >= 0.6 is 0 Å². The number of rotatable bonds is 2. The number of benzene rings is 1. The quantitative estimate of drug-likeness (QED) is 0.524. The van der Waals surface area contributed by atoms with Crippen molar-refractivity contribution in [2.75, 3.05) is 0 Å². The molecule has 0 saturated heterocycles. The number of aromatic nitrogens is 5. The second kappa shape index (κ2) is 5.72. The van der Waals surface area contributed by atoms with Crippen molar-refractivity contribution in [3.05, 3.63) is 53.3 Å². The first-order chi connectivity index (χ1) is 13.4. The highest BCUT2D eigenvalue weighted by molar-refractivity contribution is 6.02. The minimum Gasteiger partial charge on any atom is -0.332 e. The van der Waals surface area contributed by atoms with E-state index in [1.807, 2.05) is 0 Å². The molecule has 1 aliphatic rings. The molecule has 7 nitrogen and oxygen atoms in total. The molecule has 5 rings (SSSR count). The maximum Gasteiger partial charge on any atom is 0.435 e. The number of ketones is 1. The van der Waals surface area contributed by atoms with Crippen LogP contribution in [0, 0.1) is 0 Å². The highest BCUT2D eigenvalue weighted by Crippen LogP contribution is 2.32. The van der Waals surface area contributed by atoms with Gasteiger partial charge in [-0.15, -0.1) is 0 Å². The second-order valence-electron chi connectivity index (χ2n) is 6.32. The van der Waals surface area contributed by atoms with Gasteiger partial charge in [-0.1, -0.05) is 23.4 Å². The smallest absolute Gasteiger partial charge is 0.332 e. The predicted molar refractivity (Wildman–Crippen MR) is 89.4 cm³/mol. The van der Waals surface area contributed by atoms with Gasteiger partial charge in [0.1, 0.15) is 5.69 Å². The summed E-state index contributed by atoms with van der Waals surface area (Å²) < 4.78 is 44.7. The van der Waals surface area contributed by atoms with Crippen LogP contribution in [0.3, 0.4) is 0 Å². The van der Waals surface area contributed by atoms with Crippen molar-refractivity contribution >= 4 is 11.4 Å². The van der Waals surface area contributed by atoms with Crippen LogP contribution in [0.15, 0.2) is 41.1 Å². The highest BCUT2D eigenvalue weighted by Gasteiger charge is 2.33. The van der Waals surface area contributed by atoms with E-state index < -0.39 is 11.9 Å². The first-order valence-corrected chi connectivity index (χ1v) is 8.33. The van der Waals surface area contributed by atoms with Crippen LogP contribution in [0.4, 0.5) is 13.2 Å². The summed E-state index contributed by atoms with van der Waals surface area (Å²) in [7, 11) is 0. The lowest BCUT2D eigenvalue weighted by molar-refractivity contribution is -0.141. The van der Waals surface area contributed by atoms with E-state index in [2.05, 4.69) is 20.2 Å². The molecule has 3 aromatic heterocycles. The van der Waals surface area contributed by atoms with Gasteiger partial charge >= 0.3 is 6.18 Å². The maximum atomic E-state index is 12.8. The summed E-state index contributed by atoms with van der Waals surface area (Å²) in [6.07, 6.45) is -2.22. The van der Waals surface area contributed by atoms with Gasteiger partial charge in [0.15, 0.2) is 17.1 Å². The van der Waals surface area contributed by atoms with Gasteiger partial charge in [-0.3, -0.25) is 4.79 Å². The molecule has 0 amide bonds. The monoisotopic (exact) mass is 385 g/mol. The molecule has 0 unspecified atom stereocenters. The maximum absolute atomic E-state index is 12.8. The van der Waals surface area contributed by atoms with E-state index in [1.54, 1.807) is 18.2 Å². The third-order valence-electron chi connectivity index (χ3n) is 4.58. The number of hydrogen-bond donors (Lipinski definition) is 0. The Morgan fingerprint density at radius 2 is 1.86 bits per heavy atom. The van der Waals surface area contributed by atoms with Crippen molar-refractivity contribution < 1.29 is 22.5 Å². The molecule has 0 fully saturated rings. The number of nitrogens with zero attached hydrogens (tertiary/aromatic N) is 5. The Kier molecular flexibility index (Phi) is 3.39. The number of Topliss-reactive ketones (excluding diaryl/α,β-unsaturated/α-hetero) is 1. The third-order valence-corrected chi connectivity index (χ3v) is 4.58. The first-order valence-electron chi connectivity index (χ1n) is 8.33. The fraction of sp³-hybridized carbons (Fsp3) is 0.167. The van der Waals surface area contributed by atoms with Crippen LogP contribution in [0.25, 0.3) is 28.6 Å². The fourth-order valence-corrected chi connectivity index (χ4v) is 3.27. The topological polar surface area (TPSA) is 86.2 Å². The highest BCUT2D eigenvalue weighted by atomic mass is 19.4. The van der Waals surface area contributed by atoms with Gasteiger partial charge in [0.05, 0.1) is 6.20 Å². The second-order valence-corrected chi connectivity index (χ2v) is 6.32. The molecule has 10 heteroatoms. The zero-order valence-electron chi connectivity index (χ0n) is 14.1. The number of carbonyl (C=O) groups is 1. The molecule has 1 aliphatic carbocycles. The lowest BCUT2D eigenvalue weighted by atomic mass is 10.0. The normalized spacial score (nSPS) is 14.0. The summed E-state index contributed by atoms with van der Waals surface area (Å²) in [5.74, 6) is 0.422. The van der Waals surface area contributed by atoms with Gasteiger partial charge in [0.2, 0.25) is 5.82 Å². The van der Waals surface area contributed by atoms with Crippen LogP contribution in [0.5, 0.6) is 0 Å². The molecule has 3 heterocycles. The van der Waals surface area contributed by atoms with E-state index in [-0.39, 0.29) is 23.0 Å². The van der Waals surface area contributed by atoms with Gasteiger partial charge in [-0.25, -0.2) is 9.50 Å². The van der Waals surface area contributed by atoms with Crippen LogP contribution in [0.1, 0.15) is 28.0 Å². The van der Waals surface area contributed by atoms with Crippen molar-refractivity contribution in [2.24, 2.45) is 0 Å². The van der Waals surface area contributed by atoms with Crippen LogP contribution < -0.4 is 0 Å². The predicted octanol–water partition coefficient (Wildman–Crippen LogP) is 3.59. The average Bonchev–Trinajstić information content (AvgIpc) is 3.38. The van der Waals surface area contributed by atoms with Gasteiger partial charge in [0.25, 0.3) is 5.89 Å². The lowest BCUT2D eigenvalue weighted by Gasteiger charge is -2.04. The molecule has 0 spiro atoms. The third kappa shape index (κ3) is 2.56. The summed E-state index contributed by atoms with van der Waals surface area (Å²) in [5, 5.41) is 7.46. The van der Waals surface area contributed by atoms with Crippen molar-refractivity contribution in [2.45, 2.75) is 19.0 Å². The first kappa shape index (κ1) is 16.6. The number of halogens is 3. The van der Waals surface area contributed by atoms with Crippen LogP contribution in [-0.4, -0.2) is 30.5 Å². The minimum atomic E-state index is -4.55. The Bertz CT molecular complexity index is 1240. The Hall–Kier alpha value is -3.56. The fourth-order valence-electron chi connectivity index (χ4n) is 3.27. The summed E-state index contributed by atoms with van der Waals surface area (Å²) >= 11 is 0. The van der Waals surface area contributed by atoms with E-state index >= 15 is 0 Å². The molecule has 0 radical (unpaired) electrons. The standard InChI is InChI=1S/C18H10F3N5O2/c19-18(20,21)14-6-7-15-22-12(8-26(15)24-14)17-23-16(25-28-17)11-3-1-2-10-9(11)4-5-13(10)27/h1-3,6-8H,4-5H2. The molecule has 0 aliphatic heterocycles. The number of alkyl halides is 3. The molecule has 1 aromatic carbocycles. The van der Waals surface area contributed by atoms with Gasteiger partial charge < -0.3 is 4.52 Å². The van der Waals surface area contributed by atoms with Crippen LogP contribution in [0.2, 0.25) is 0 Å². The van der Waals surface area contributed by atoms with Crippen LogP contribution in [-0.2, 0) is 12.6 Å². The zero-order chi connectivity index (χ0) is 19.5. The van der Waals surface area contributed by atoms with Crippen molar-refractivity contribution in [1.29, 1.82) is 0 Å². The lowest BCUT2D eigenvalue weighted by Crippen LogP contribution is -2.10. The molecule has 28 heavy (non-hydrogen) atoms. The van der Waals surface area contributed by atoms with E-state index in [1.165, 1.54) is 12.3 Å². The Morgan fingerprint density at radius 3 is 2.68 bits per heavy atom. The van der Waals surface area contributed by atoms with Crippen molar-refractivity contribution in [1.82, 2.24) is 24.7 Å². The Morgan fingerprint density at radius 1 is 1.04 bits per heavy atom. The van der Waals surface area contributed by atoms with Gasteiger partial charge in [0, 0.05) is 17.5 Å². The number of fused-ring (bicyclic) bond motifs is 2. The van der Waals surface area contributed by atoms with Gasteiger partial charge in [-0.05, 0) is 24.1 Å². The average molecular weight is 385 g/mol. The SMILES string of the molecule is O=C1CCc2c1cccc2-c1noc(-c2cn3nc(C(F)(F)F)ccc3n2)n1. The summed E-state index contributed by atoms with van der Waals surface area (Å²) in [6, 6.07) is 7.39. The molecule has 0 N–H and O–H groups in total. The molecular formula is C18H10F3N5O2. The summed E-state index contributed by atoms with van der Waals surface area (Å²) in [4.78, 5) is 20.4. The van der Waals surface area contributed by atoms with E-state index in [0.717, 1.165) is 16.1 Å². The van der Waals surface area contributed by atoms with Crippen molar-refractivity contribution in [3.63, 3.8) is 0 Å². The van der Waals surface area contributed by atoms with Crippen molar-refractivity contribution in [3.8, 4) is 23.0 Å². The molecule has 0 atom stereocenters. The molecule has 0 saturated carbocycles. The van der Waals surface area contributed by atoms with E-state index in [4.69, 9.17) is 4.52 Å². The number of carbonyl (C=O) groups excluding carboxylic acids is 1. The number of imidazole rings is 1. The minimum absolute atomic E-state index is 0.0518. The molecule has 0 bridgehead atoms. The van der Waals surface area contributed by atoms with Gasteiger partial charge in [-0.2, -0.15) is 23.3 Å². The molecular weight excluding hydrogens is 375 g/mol. The summed E-state index contributed by atoms with van der Waals surface area (Å²) in [5.41, 5.74) is 1.61. The van der Waals surface area contributed by atoms with E-state index in [9.17, 15) is 18.0 Å². The largest absolute Gasteiger partial charge is 0.435 e. The number of hydrogen-bond acceptors (Lipinski definition) is 6.